The maximum Gasteiger partial charge on any atom is 0.409 e. The molecular weight excluding hydrogens is 548 g/mol. The van der Waals surface area contributed by atoms with Gasteiger partial charge in [0.2, 0.25) is 5.91 Å². The fourth-order valence-electron chi connectivity index (χ4n) is 5.19. The van der Waals surface area contributed by atoms with Crippen LogP contribution >= 0.6 is 0 Å². The van der Waals surface area contributed by atoms with Gasteiger partial charge in [-0.3, -0.25) is 9.69 Å². The molecule has 4 rings (SSSR count). The van der Waals surface area contributed by atoms with Gasteiger partial charge in [-0.1, -0.05) is 78.9 Å². The minimum absolute atomic E-state index is 0.0454. The molecule has 10 nitrogen and oxygen atoms in total. The molecule has 3 aromatic rings. The third-order valence-electron chi connectivity index (χ3n) is 7.57. The molecule has 1 aliphatic heterocycles. The van der Waals surface area contributed by atoms with Crippen molar-refractivity contribution in [2.24, 2.45) is 0 Å². The van der Waals surface area contributed by atoms with Gasteiger partial charge < -0.3 is 30.1 Å². The number of benzene rings is 3. The number of carbonyl (C=O) groups is 3. The van der Waals surface area contributed by atoms with E-state index in [0.29, 0.717) is 31.7 Å². The molecule has 1 fully saturated rings. The van der Waals surface area contributed by atoms with Crippen LogP contribution in [-0.4, -0.2) is 92.1 Å². The quantitative estimate of drug-likeness (QED) is 0.303. The van der Waals surface area contributed by atoms with Gasteiger partial charge in [0.05, 0.1) is 18.8 Å². The molecular formula is C33H40N4O6. The summed E-state index contributed by atoms with van der Waals surface area (Å²) < 4.78 is 11.3. The Hall–Kier alpha value is -4.41. The lowest BCUT2D eigenvalue weighted by Crippen LogP contribution is -2.49. The molecule has 43 heavy (non-hydrogen) atoms. The van der Waals surface area contributed by atoms with Crippen LogP contribution in [-0.2, 0) is 20.7 Å². The van der Waals surface area contributed by atoms with Crippen LogP contribution in [0.5, 0.6) is 0 Å². The minimum atomic E-state index is -1.19. The van der Waals surface area contributed by atoms with E-state index in [9.17, 15) is 19.5 Å². The summed E-state index contributed by atoms with van der Waals surface area (Å²) in [7, 11) is 4.71. The highest BCUT2D eigenvalue weighted by Crippen LogP contribution is 2.32. The number of rotatable bonds is 11. The van der Waals surface area contributed by atoms with Crippen LogP contribution in [0, 0.1) is 0 Å². The summed E-state index contributed by atoms with van der Waals surface area (Å²) in [6.07, 6.45) is -0.279. The third kappa shape index (κ3) is 8.56. The first-order valence-corrected chi connectivity index (χ1v) is 14.4. The summed E-state index contributed by atoms with van der Waals surface area (Å²) in [5, 5.41) is 16.4. The van der Waals surface area contributed by atoms with E-state index in [1.807, 2.05) is 84.9 Å². The number of anilines is 1. The first kappa shape index (κ1) is 31.5. The number of amides is 3. The molecule has 3 aromatic carbocycles. The second-order valence-corrected chi connectivity index (χ2v) is 10.9. The summed E-state index contributed by atoms with van der Waals surface area (Å²) >= 11 is 0. The number of carboxylic acid groups (broad SMARTS) is 1. The van der Waals surface area contributed by atoms with Crippen LogP contribution in [0.4, 0.5) is 15.3 Å². The van der Waals surface area contributed by atoms with Gasteiger partial charge >= 0.3 is 12.2 Å². The van der Waals surface area contributed by atoms with E-state index in [-0.39, 0.29) is 18.8 Å². The Kier molecular flexibility index (Phi) is 11.1. The normalized spacial score (nSPS) is 17.1. The van der Waals surface area contributed by atoms with Crippen molar-refractivity contribution < 1.29 is 29.0 Å². The van der Waals surface area contributed by atoms with E-state index in [0.717, 1.165) is 21.6 Å². The number of hydrogen-bond donors (Lipinski definition) is 3. The fourth-order valence-corrected chi connectivity index (χ4v) is 5.19. The van der Waals surface area contributed by atoms with Gasteiger partial charge in [0, 0.05) is 39.3 Å². The third-order valence-corrected chi connectivity index (χ3v) is 7.57. The van der Waals surface area contributed by atoms with E-state index >= 15 is 0 Å². The van der Waals surface area contributed by atoms with Gasteiger partial charge in [-0.15, -0.1) is 0 Å². The molecule has 0 unspecified atom stereocenters. The number of morpholine rings is 1. The number of likely N-dealkylation sites (N-methyl/N-ethyl adjacent to an activating group) is 1. The van der Waals surface area contributed by atoms with E-state index < -0.39 is 30.1 Å². The average Bonchev–Trinajstić information content (AvgIpc) is 3.02. The predicted molar refractivity (Wildman–Crippen MR) is 164 cm³/mol. The second kappa shape index (κ2) is 15.2. The summed E-state index contributed by atoms with van der Waals surface area (Å²) in [4.78, 5) is 40.4. The molecule has 3 atom stereocenters. The van der Waals surface area contributed by atoms with Gasteiger partial charge in [-0.25, -0.2) is 9.59 Å². The van der Waals surface area contributed by atoms with Crippen LogP contribution < -0.4 is 10.6 Å². The fraction of sp³-hybridized carbons (Fsp3) is 0.364. The van der Waals surface area contributed by atoms with Crippen LogP contribution in [0.25, 0.3) is 0 Å². The first-order valence-electron chi connectivity index (χ1n) is 14.4. The molecule has 3 amide bonds. The highest BCUT2D eigenvalue weighted by molar-refractivity contribution is 5.98. The first-order chi connectivity index (χ1) is 20.7. The Morgan fingerprint density at radius 2 is 1.56 bits per heavy atom. The van der Waals surface area contributed by atoms with E-state index in [1.165, 1.54) is 11.9 Å². The number of carbonyl (C=O) groups excluding carboxylic acids is 2. The standard InChI is InChI=1S/C33H40N4O6/c1-36(2)33(41)43-22-26-21-42-27(20-34-26)19-18-23-12-10-11-17-28(23)35-31(38)30(37(3)32(39)40)29(24-13-6-4-7-14-24)25-15-8-5-9-16-25/h4-17,26-27,29-30,34H,18-22H2,1-3H3,(H,35,38)(H,39,40)/t26-,27+,30-/m0/s1. The van der Waals surface area contributed by atoms with Crippen molar-refractivity contribution in [1.29, 1.82) is 0 Å². The average molecular weight is 589 g/mol. The number of aryl methyl sites for hydroxylation is 1. The zero-order valence-electron chi connectivity index (χ0n) is 24.8. The molecule has 0 radical (unpaired) electrons. The Labute approximate surface area is 252 Å². The SMILES string of the molecule is CN(C)C(=O)OC[C@@H]1CO[C@H](CCc2ccccc2NC(=O)[C@H](C(c2ccccc2)c2ccccc2)N(C)C(=O)O)CN1. The maximum atomic E-state index is 14.0. The highest BCUT2D eigenvalue weighted by Gasteiger charge is 2.37. The van der Waals surface area contributed by atoms with Crippen molar-refractivity contribution in [3.8, 4) is 0 Å². The molecule has 3 N–H and O–H groups in total. The van der Waals surface area contributed by atoms with Crippen molar-refractivity contribution in [1.82, 2.24) is 15.1 Å². The molecule has 1 saturated heterocycles. The van der Waals surface area contributed by atoms with Crippen molar-refractivity contribution in [3.63, 3.8) is 0 Å². The maximum absolute atomic E-state index is 14.0. The van der Waals surface area contributed by atoms with Gasteiger partial charge in [-0.2, -0.15) is 0 Å². The van der Waals surface area contributed by atoms with Crippen LogP contribution in [0.15, 0.2) is 84.9 Å². The molecule has 0 aromatic heterocycles. The predicted octanol–water partition coefficient (Wildman–Crippen LogP) is 4.42. The van der Waals surface area contributed by atoms with Gasteiger partial charge in [0.15, 0.2) is 0 Å². The van der Waals surface area contributed by atoms with Crippen molar-refractivity contribution >= 4 is 23.8 Å². The molecule has 10 heteroatoms. The summed E-state index contributed by atoms with van der Waals surface area (Å²) in [6.45, 7) is 1.27. The van der Waals surface area contributed by atoms with Gasteiger partial charge in [0.1, 0.15) is 12.6 Å². The van der Waals surface area contributed by atoms with Gasteiger partial charge in [-0.05, 0) is 35.6 Å². The zero-order valence-corrected chi connectivity index (χ0v) is 24.8. The van der Waals surface area contributed by atoms with Gasteiger partial charge in [0.25, 0.3) is 0 Å². The Balaban J connectivity index is 1.46. The number of nitrogens with one attached hydrogen (secondary N) is 2. The minimum Gasteiger partial charge on any atom is -0.465 e. The van der Waals surface area contributed by atoms with Crippen molar-refractivity contribution in [3.05, 3.63) is 102 Å². The Morgan fingerprint density at radius 1 is 0.953 bits per heavy atom. The molecule has 0 bridgehead atoms. The van der Waals surface area contributed by atoms with Crippen LogP contribution in [0.2, 0.25) is 0 Å². The van der Waals surface area contributed by atoms with E-state index in [1.54, 1.807) is 14.1 Å². The zero-order chi connectivity index (χ0) is 30.8. The monoisotopic (exact) mass is 588 g/mol. The van der Waals surface area contributed by atoms with Crippen molar-refractivity contribution in [2.45, 2.75) is 36.9 Å². The second-order valence-electron chi connectivity index (χ2n) is 10.9. The van der Waals surface area contributed by atoms with Crippen molar-refractivity contribution in [2.75, 3.05) is 46.2 Å². The molecule has 0 spiro atoms. The van der Waals surface area contributed by atoms with Crippen LogP contribution in [0.3, 0.4) is 0 Å². The summed E-state index contributed by atoms with van der Waals surface area (Å²) in [6, 6.07) is 25.4. The number of nitrogens with zero attached hydrogens (tertiary/aromatic N) is 2. The molecule has 0 aliphatic carbocycles. The number of hydrogen-bond acceptors (Lipinski definition) is 6. The Bertz CT molecular complexity index is 1310. The largest absolute Gasteiger partial charge is 0.465 e. The molecule has 1 heterocycles. The summed E-state index contributed by atoms with van der Waals surface area (Å²) in [5.74, 6) is -0.942. The highest BCUT2D eigenvalue weighted by atomic mass is 16.6. The lowest BCUT2D eigenvalue weighted by molar-refractivity contribution is -0.120. The van der Waals surface area contributed by atoms with E-state index in [4.69, 9.17) is 9.47 Å². The lowest BCUT2D eigenvalue weighted by atomic mass is 9.84. The lowest BCUT2D eigenvalue weighted by Gasteiger charge is -2.33. The number of para-hydroxylation sites is 1. The number of ether oxygens (including phenoxy) is 2. The molecule has 228 valence electrons. The van der Waals surface area contributed by atoms with Crippen LogP contribution in [0.1, 0.15) is 29.0 Å². The Morgan fingerprint density at radius 3 is 2.12 bits per heavy atom. The molecule has 1 aliphatic rings. The smallest absolute Gasteiger partial charge is 0.409 e. The summed E-state index contributed by atoms with van der Waals surface area (Å²) in [5.41, 5.74) is 3.24. The topological polar surface area (TPSA) is 120 Å². The molecule has 0 saturated carbocycles. The van der Waals surface area contributed by atoms with E-state index in [2.05, 4.69) is 10.6 Å².